The van der Waals surface area contributed by atoms with Crippen molar-refractivity contribution in [2.75, 3.05) is 31.1 Å². The minimum atomic E-state index is -3.65. The highest BCUT2D eigenvalue weighted by molar-refractivity contribution is 7.89. The minimum Gasteiger partial charge on any atom is -0.385 e. The number of aliphatic hydroxyl groups excluding tert-OH is 1. The second kappa shape index (κ2) is 6.70. The van der Waals surface area contributed by atoms with Crippen molar-refractivity contribution in [3.05, 3.63) is 35.9 Å². The van der Waals surface area contributed by atoms with Gasteiger partial charge < -0.3 is 10.0 Å². The van der Waals surface area contributed by atoms with Crippen molar-refractivity contribution in [1.29, 1.82) is 0 Å². The fraction of sp³-hybridized carbons (Fsp3) is 0.467. The van der Waals surface area contributed by atoms with Gasteiger partial charge in [0, 0.05) is 33.2 Å². The molecule has 2 heterocycles. The summed E-state index contributed by atoms with van der Waals surface area (Å²) in [5.74, 6) is 0.575. The first-order valence-electron chi connectivity index (χ1n) is 7.88. The van der Waals surface area contributed by atoms with Crippen LogP contribution >= 0.6 is 0 Å². The quantitative estimate of drug-likeness (QED) is 0.845. The van der Waals surface area contributed by atoms with E-state index in [1.807, 2.05) is 4.90 Å². The van der Waals surface area contributed by atoms with E-state index in [2.05, 4.69) is 10.2 Å². The van der Waals surface area contributed by atoms with Crippen molar-refractivity contribution in [2.24, 2.45) is 7.05 Å². The van der Waals surface area contributed by atoms with Crippen molar-refractivity contribution in [1.82, 2.24) is 19.1 Å². The summed E-state index contributed by atoms with van der Waals surface area (Å²) in [6.07, 6.45) is -0.730. The average Bonchev–Trinajstić information content (AvgIpc) is 2.97. The van der Waals surface area contributed by atoms with Crippen molar-refractivity contribution < 1.29 is 17.9 Å². The summed E-state index contributed by atoms with van der Waals surface area (Å²) < 4.78 is 41.3. The van der Waals surface area contributed by atoms with Gasteiger partial charge in [-0.25, -0.2) is 12.8 Å². The molecular formula is C15H20FN5O3S. The smallest absolute Gasteiger partial charge is 0.243 e. The van der Waals surface area contributed by atoms with Crippen LogP contribution in [-0.2, 0) is 17.1 Å². The van der Waals surface area contributed by atoms with Gasteiger partial charge in [0.1, 0.15) is 11.9 Å². The number of anilines is 1. The molecule has 1 aromatic heterocycles. The van der Waals surface area contributed by atoms with Gasteiger partial charge in [-0.1, -0.05) is 0 Å². The maximum absolute atomic E-state index is 13.0. The van der Waals surface area contributed by atoms with Crippen LogP contribution in [0.15, 0.2) is 29.2 Å². The second-order valence-electron chi connectivity index (χ2n) is 5.94. The Morgan fingerprint density at radius 1 is 1.12 bits per heavy atom. The molecule has 25 heavy (non-hydrogen) atoms. The fourth-order valence-electron chi connectivity index (χ4n) is 2.86. The number of hydrogen-bond acceptors (Lipinski definition) is 6. The summed E-state index contributed by atoms with van der Waals surface area (Å²) in [6.45, 7) is 3.09. The summed E-state index contributed by atoms with van der Waals surface area (Å²) >= 11 is 0. The molecule has 0 radical (unpaired) electrons. The van der Waals surface area contributed by atoms with E-state index in [1.165, 1.54) is 16.4 Å². The molecule has 0 bridgehead atoms. The van der Waals surface area contributed by atoms with E-state index < -0.39 is 21.9 Å². The summed E-state index contributed by atoms with van der Waals surface area (Å²) in [5, 5.41) is 17.7. The Hall–Kier alpha value is -2.04. The molecule has 0 spiro atoms. The lowest BCUT2D eigenvalue weighted by Crippen LogP contribution is -2.49. The zero-order valence-corrected chi connectivity index (χ0v) is 14.8. The first-order valence-corrected chi connectivity index (χ1v) is 9.32. The summed E-state index contributed by atoms with van der Waals surface area (Å²) in [5.41, 5.74) is 0. The number of nitrogens with zero attached hydrogens (tertiary/aromatic N) is 5. The number of hydrogen-bond donors (Lipinski definition) is 1. The van der Waals surface area contributed by atoms with Crippen molar-refractivity contribution >= 4 is 16.0 Å². The SMILES string of the molecule is CC(O)c1nnc(N2CCN(S(=O)(=O)c3ccc(F)cc3)CC2)n1C. The molecule has 0 amide bonds. The Morgan fingerprint density at radius 2 is 1.72 bits per heavy atom. The lowest BCUT2D eigenvalue weighted by molar-refractivity contribution is 0.185. The highest BCUT2D eigenvalue weighted by atomic mass is 32.2. The average molecular weight is 369 g/mol. The Balaban J connectivity index is 1.72. The highest BCUT2D eigenvalue weighted by Crippen LogP contribution is 2.21. The molecule has 0 aliphatic carbocycles. The molecule has 3 rings (SSSR count). The van der Waals surface area contributed by atoms with E-state index >= 15 is 0 Å². The lowest BCUT2D eigenvalue weighted by Gasteiger charge is -2.34. The number of aromatic nitrogens is 3. The van der Waals surface area contributed by atoms with E-state index in [0.29, 0.717) is 24.9 Å². The molecule has 0 saturated carbocycles. The molecule has 1 aliphatic heterocycles. The summed E-state index contributed by atoms with van der Waals surface area (Å²) in [7, 11) is -1.88. The molecule has 1 N–H and O–H groups in total. The van der Waals surface area contributed by atoms with E-state index in [4.69, 9.17) is 0 Å². The Kier molecular flexibility index (Phi) is 4.76. The Labute approximate surface area is 145 Å². The number of sulfonamides is 1. The zero-order chi connectivity index (χ0) is 18.2. The normalized spacial score (nSPS) is 17.7. The Bertz CT molecular complexity index is 843. The molecule has 1 atom stereocenters. The van der Waals surface area contributed by atoms with Crippen LogP contribution in [0.1, 0.15) is 18.9 Å². The zero-order valence-electron chi connectivity index (χ0n) is 14.0. The summed E-state index contributed by atoms with van der Waals surface area (Å²) in [6, 6.07) is 4.82. The van der Waals surface area contributed by atoms with Crippen LogP contribution in [0.4, 0.5) is 10.3 Å². The molecule has 1 aliphatic rings. The molecule has 1 fully saturated rings. The number of rotatable bonds is 4. The third-order valence-electron chi connectivity index (χ3n) is 4.23. The van der Waals surface area contributed by atoms with Gasteiger partial charge >= 0.3 is 0 Å². The van der Waals surface area contributed by atoms with Crippen LogP contribution in [0.5, 0.6) is 0 Å². The first-order chi connectivity index (χ1) is 11.8. The number of halogens is 1. The second-order valence-corrected chi connectivity index (χ2v) is 7.88. The van der Waals surface area contributed by atoms with Crippen LogP contribution in [0.3, 0.4) is 0 Å². The third-order valence-corrected chi connectivity index (χ3v) is 6.14. The van der Waals surface area contributed by atoms with Crippen LogP contribution in [0.25, 0.3) is 0 Å². The molecule has 1 saturated heterocycles. The minimum absolute atomic E-state index is 0.0809. The van der Waals surface area contributed by atoms with Gasteiger partial charge in [0.15, 0.2) is 5.82 Å². The molecule has 10 heteroatoms. The fourth-order valence-corrected chi connectivity index (χ4v) is 4.28. The molecule has 136 valence electrons. The molecular weight excluding hydrogens is 349 g/mol. The predicted molar refractivity (Wildman–Crippen MR) is 89.0 cm³/mol. The molecule has 8 nitrogen and oxygen atoms in total. The molecule has 1 aromatic carbocycles. The van der Waals surface area contributed by atoms with Crippen molar-refractivity contribution in [3.8, 4) is 0 Å². The maximum Gasteiger partial charge on any atom is 0.243 e. The van der Waals surface area contributed by atoms with Gasteiger partial charge in [0.25, 0.3) is 0 Å². The van der Waals surface area contributed by atoms with E-state index in [-0.39, 0.29) is 18.0 Å². The van der Waals surface area contributed by atoms with Gasteiger partial charge in [0.05, 0.1) is 4.90 Å². The monoisotopic (exact) mass is 369 g/mol. The predicted octanol–water partition coefficient (Wildman–Crippen LogP) is 0.518. The van der Waals surface area contributed by atoms with Gasteiger partial charge in [-0.05, 0) is 31.2 Å². The number of benzene rings is 1. The van der Waals surface area contributed by atoms with Gasteiger partial charge in [0.2, 0.25) is 16.0 Å². The molecule has 2 aromatic rings. The highest BCUT2D eigenvalue weighted by Gasteiger charge is 2.30. The van der Waals surface area contributed by atoms with Gasteiger partial charge in [-0.2, -0.15) is 4.31 Å². The van der Waals surface area contributed by atoms with E-state index in [9.17, 15) is 17.9 Å². The molecule has 1 unspecified atom stereocenters. The maximum atomic E-state index is 13.0. The van der Waals surface area contributed by atoms with Crippen LogP contribution < -0.4 is 4.90 Å². The van der Waals surface area contributed by atoms with Crippen molar-refractivity contribution in [2.45, 2.75) is 17.9 Å². The van der Waals surface area contributed by atoms with Crippen LogP contribution in [0, 0.1) is 5.82 Å². The third kappa shape index (κ3) is 3.37. The topological polar surface area (TPSA) is 91.6 Å². The largest absolute Gasteiger partial charge is 0.385 e. The van der Waals surface area contributed by atoms with Gasteiger partial charge in [-0.3, -0.25) is 4.57 Å². The van der Waals surface area contributed by atoms with Gasteiger partial charge in [-0.15, -0.1) is 10.2 Å². The summed E-state index contributed by atoms with van der Waals surface area (Å²) in [4.78, 5) is 2.01. The van der Waals surface area contributed by atoms with Crippen LogP contribution in [0.2, 0.25) is 0 Å². The Morgan fingerprint density at radius 3 is 2.24 bits per heavy atom. The van der Waals surface area contributed by atoms with Crippen molar-refractivity contribution in [3.63, 3.8) is 0 Å². The van der Waals surface area contributed by atoms with E-state index in [1.54, 1.807) is 18.5 Å². The standard InChI is InChI=1S/C15H20FN5O3S/c1-11(22)14-17-18-15(19(14)2)20-7-9-21(10-8-20)25(23,24)13-5-3-12(16)4-6-13/h3-6,11,22H,7-10H2,1-2H3. The number of aliphatic hydroxyl groups is 1. The lowest BCUT2D eigenvalue weighted by atomic mass is 10.3. The number of piperazine rings is 1. The van der Waals surface area contributed by atoms with Crippen LogP contribution in [-0.4, -0.2) is 58.8 Å². The van der Waals surface area contributed by atoms with E-state index in [0.717, 1.165) is 12.1 Å². The first kappa shape index (κ1) is 17.8.